The standard InChI is InChI=1S/C14H23N3O2S/c1-9(2)13-16-17-14(19-13)20-8-12(18)15-11-7-5-4-6-10(11)3/h9-11H,4-8H2,1-3H3,(H,15,18)/t10-,11+/m1/s1. The van der Waals surface area contributed by atoms with E-state index in [2.05, 4.69) is 22.4 Å². The van der Waals surface area contributed by atoms with Crippen LogP contribution in [-0.2, 0) is 4.79 Å². The highest BCUT2D eigenvalue weighted by atomic mass is 32.2. The van der Waals surface area contributed by atoms with E-state index >= 15 is 0 Å². The molecule has 1 fully saturated rings. The molecule has 1 heterocycles. The molecule has 1 saturated carbocycles. The summed E-state index contributed by atoms with van der Waals surface area (Å²) in [6.07, 6.45) is 4.79. The van der Waals surface area contributed by atoms with Crippen LogP contribution in [-0.4, -0.2) is 27.9 Å². The van der Waals surface area contributed by atoms with Crippen LogP contribution in [0.25, 0.3) is 0 Å². The van der Waals surface area contributed by atoms with Crippen LogP contribution < -0.4 is 5.32 Å². The van der Waals surface area contributed by atoms with Gasteiger partial charge in [0.25, 0.3) is 5.22 Å². The van der Waals surface area contributed by atoms with E-state index in [4.69, 9.17) is 4.42 Å². The van der Waals surface area contributed by atoms with Gasteiger partial charge in [-0.2, -0.15) is 0 Å². The molecule has 2 rings (SSSR count). The molecule has 0 spiro atoms. The third-order valence-corrected chi connectivity index (χ3v) is 4.52. The van der Waals surface area contributed by atoms with Gasteiger partial charge in [0, 0.05) is 12.0 Å². The maximum Gasteiger partial charge on any atom is 0.277 e. The largest absolute Gasteiger partial charge is 0.416 e. The predicted molar refractivity (Wildman–Crippen MR) is 78.7 cm³/mol. The second-order valence-corrected chi connectivity index (χ2v) is 6.71. The Balaban J connectivity index is 1.76. The first-order valence-electron chi connectivity index (χ1n) is 7.32. The molecule has 1 aliphatic carbocycles. The lowest BCUT2D eigenvalue weighted by Gasteiger charge is -2.29. The number of rotatable bonds is 5. The van der Waals surface area contributed by atoms with E-state index in [1.807, 2.05) is 13.8 Å². The van der Waals surface area contributed by atoms with E-state index in [9.17, 15) is 4.79 Å². The Morgan fingerprint density at radius 3 is 2.80 bits per heavy atom. The van der Waals surface area contributed by atoms with Crippen LogP contribution in [0.2, 0.25) is 0 Å². The number of hydrogen-bond acceptors (Lipinski definition) is 5. The molecule has 20 heavy (non-hydrogen) atoms. The summed E-state index contributed by atoms with van der Waals surface area (Å²) < 4.78 is 5.47. The number of nitrogens with zero attached hydrogens (tertiary/aromatic N) is 2. The number of hydrogen-bond donors (Lipinski definition) is 1. The molecule has 5 nitrogen and oxygen atoms in total. The molecule has 0 saturated heterocycles. The first kappa shape index (κ1) is 15.4. The monoisotopic (exact) mass is 297 g/mol. The summed E-state index contributed by atoms with van der Waals surface area (Å²) in [4.78, 5) is 11.9. The number of aromatic nitrogens is 2. The van der Waals surface area contributed by atoms with Crippen LogP contribution in [0.5, 0.6) is 0 Å². The maximum atomic E-state index is 11.9. The van der Waals surface area contributed by atoms with Crippen LogP contribution in [0.4, 0.5) is 0 Å². The summed E-state index contributed by atoms with van der Waals surface area (Å²) >= 11 is 1.30. The topological polar surface area (TPSA) is 68.0 Å². The number of thioether (sulfide) groups is 1. The second kappa shape index (κ2) is 7.11. The van der Waals surface area contributed by atoms with Crippen LogP contribution in [0.3, 0.4) is 0 Å². The fraction of sp³-hybridized carbons (Fsp3) is 0.786. The van der Waals surface area contributed by atoms with Gasteiger partial charge in [-0.3, -0.25) is 4.79 Å². The minimum atomic E-state index is 0.0537. The lowest BCUT2D eigenvalue weighted by molar-refractivity contribution is -0.119. The van der Waals surface area contributed by atoms with Gasteiger partial charge in [0.05, 0.1) is 5.75 Å². The molecule has 2 atom stereocenters. The van der Waals surface area contributed by atoms with Gasteiger partial charge in [-0.25, -0.2) is 0 Å². The molecule has 0 unspecified atom stereocenters. The van der Waals surface area contributed by atoms with E-state index in [0.717, 1.165) is 6.42 Å². The van der Waals surface area contributed by atoms with E-state index < -0.39 is 0 Å². The number of carbonyl (C=O) groups is 1. The predicted octanol–water partition coefficient (Wildman–Crippen LogP) is 2.98. The van der Waals surface area contributed by atoms with Crippen molar-refractivity contribution in [3.8, 4) is 0 Å². The van der Waals surface area contributed by atoms with Crippen molar-refractivity contribution < 1.29 is 9.21 Å². The van der Waals surface area contributed by atoms with Gasteiger partial charge in [-0.1, -0.05) is 45.4 Å². The summed E-state index contributed by atoms with van der Waals surface area (Å²) in [5.74, 6) is 1.80. The Bertz CT molecular complexity index is 447. The summed E-state index contributed by atoms with van der Waals surface area (Å²) in [7, 11) is 0. The van der Waals surface area contributed by atoms with Gasteiger partial charge in [0.1, 0.15) is 0 Å². The molecule has 6 heteroatoms. The smallest absolute Gasteiger partial charge is 0.277 e. The van der Waals surface area contributed by atoms with Crippen molar-refractivity contribution in [3.05, 3.63) is 5.89 Å². The molecule has 112 valence electrons. The number of carbonyl (C=O) groups excluding carboxylic acids is 1. The Labute approximate surface area is 124 Å². The third kappa shape index (κ3) is 4.23. The SMILES string of the molecule is CC(C)c1nnc(SCC(=O)N[C@H]2CCCC[C@H]2C)o1. The molecular weight excluding hydrogens is 274 g/mol. The highest BCUT2D eigenvalue weighted by Gasteiger charge is 2.23. The second-order valence-electron chi connectivity index (χ2n) is 5.79. The van der Waals surface area contributed by atoms with E-state index in [1.54, 1.807) is 0 Å². The van der Waals surface area contributed by atoms with Crippen molar-refractivity contribution in [2.24, 2.45) is 5.92 Å². The molecule has 0 radical (unpaired) electrons. The van der Waals surface area contributed by atoms with Gasteiger partial charge >= 0.3 is 0 Å². The highest BCUT2D eigenvalue weighted by Crippen LogP contribution is 2.24. The van der Waals surface area contributed by atoms with Crippen LogP contribution >= 0.6 is 11.8 Å². The van der Waals surface area contributed by atoms with Gasteiger partial charge in [0.2, 0.25) is 11.8 Å². The van der Waals surface area contributed by atoms with Crippen LogP contribution in [0, 0.1) is 5.92 Å². The average Bonchev–Trinajstić information content (AvgIpc) is 2.88. The van der Waals surface area contributed by atoms with Crippen molar-refractivity contribution in [1.29, 1.82) is 0 Å². The molecule has 0 aromatic carbocycles. The van der Waals surface area contributed by atoms with E-state index in [0.29, 0.717) is 28.8 Å². The Morgan fingerprint density at radius 2 is 2.15 bits per heavy atom. The first-order chi connectivity index (χ1) is 9.56. The molecule has 1 amide bonds. The van der Waals surface area contributed by atoms with E-state index in [-0.39, 0.29) is 11.8 Å². The molecule has 0 aliphatic heterocycles. The van der Waals surface area contributed by atoms with Crippen molar-refractivity contribution in [2.45, 2.75) is 63.6 Å². The minimum absolute atomic E-state index is 0.0537. The molecule has 0 bridgehead atoms. The lowest BCUT2D eigenvalue weighted by Crippen LogP contribution is -2.41. The van der Waals surface area contributed by atoms with Crippen molar-refractivity contribution >= 4 is 17.7 Å². The van der Waals surface area contributed by atoms with Crippen molar-refractivity contribution in [2.75, 3.05) is 5.75 Å². The Morgan fingerprint density at radius 1 is 1.40 bits per heavy atom. The fourth-order valence-corrected chi connectivity index (χ4v) is 3.00. The lowest BCUT2D eigenvalue weighted by atomic mass is 9.86. The van der Waals surface area contributed by atoms with Crippen LogP contribution in [0.15, 0.2) is 9.64 Å². The van der Waals surface area contributed by atoms with E-state index in [1.165, 1.54) is 31.0 Å². The zero-order chi connectivity index (χ0) is 14.5. The van der Waals surface area contributed by atoms with Crippen molar-refractivity contribution in [1.82, 2.24) is 15.5 Å². The summed E-state index contributed by atoms with van der Waals surface area (Å²) in [5, 5.41) is 11.5. The van der Waals surface area contributed by atoms with Gasteiger partial charge in [-0.15, -0.1) is 10.2 Å². The fourth-order valence-electron chi connectivity index (χ4n) is 2.42. The normalized spacial score (nSPS) is 23.0. The summed E-state index contributed by atoms with van der Waals surface area (Å²) in [5.41, 5.74) is 0. The van der Waals surface area contributed by atoms with Gasteiger partial charge in [-0.05, 0) is 18.8 Å². The average molecular weight is 297 g/mol. The Kier molecular flexibility index (Phi) is 5.46. The van der Waals surface area contributed by atoms with Crippen molar-refractivity contribution in [3.63, 3.8) is 0 Å². The quantitative estimate of drug-likeness (QED) is 0.846. The molecular formula is C14H23N3O2S. The van der Waals surface area contributed by atoms with Crippen LogP contribution in [0.1, 0.15) is 58.3 Å². The minimum Gasteiger partial charge on any atom is -0.416 e. The summed E-state index contributed by atoms with van der Waals surface area (Å²) in [6, 6.07) is 0.325. The van der Waals surface area contributed by atoms with Gasteiger partial charge < -0.3 is 9.73 Å². The highest BCUT2D eigenvalue weighted by molar-refractivity contribution is 7.99. The number of nitrogens with one attached hydrogen (secondary N) is 1. The Hall–Kier alpha value is -1.04. The van der Waals surface area contributed by atoms with Gasteiger partial charge in [0.15, 0.2) is 0 Å². The zero-order valence-electron chi connectivity index (χ0n) is 12.4. The molecule has 1 N–H and O–H groups in total. The maximum absolute atomic E-state index is 11.9. The first-order valence-corrected chi connectivity index (χ1v) is 8.30. The zero-order valence-corrected chi connectivity index (χ0v) is 13.2. The molecule has 1 aromatic rings. The summed E-state index contributed by atoms with van der Waals surface area (Å²) in [6.45, 7) is 6.21. The number of amides is 1. The third-order valence-electron chi connectivity index (χ3n) is 3.70. The molecule has 1 aromatic heterocycles. The molecule has 1 aliphatic rings.